The van der Waals surface area contributed by atoms with Crippen LogP contribution in [0.15, 0.2) is 54.7 Å². The summed E-state index contributed by atoms with van der Waals surface area (Å²) in [6, 6.07) is 15.0. The van der Waals surface area contributed by atoms with E-state index in [2.05, 4.69) is 4.98 Å². The van der Waals surface area contributed by atoms with Gasteiger partial charge in [0, 0.05) is 30.7 Å². The normalized spacial score (nSPS) is 10.6. The quantitative estimate of drug-likeness (QED) is 0.651. The molecule has 0 saturated heterocycles. The van der Waals surface area contributed by atoms with Gasteiger partial charge >= 0.3 is 5.97 Å². The summed E-state index contributed by atoms with van der Waals surface area (Å²) >= 11 is 0. The van der Waals surface area contributed by atoms with Crippen LogP contribution in [0.1, 0.15) is 22.8 Å². The van der Waals surface area contributed by atoms with Crippen LogP contribution in [0.2, 0.25) is 0 Å². The standard InChI is InChI=1S/C21H22N2O4/c1-3-26-16-10-8-15(9-11-16)13-23(2)20(24)14-27-21(25)18-12-22-19-7-5-4-6-17(18)19/h4-12,22H,3,13-14H2,1-2H3. The third-order valence-electron chi connectivity index (χ3n) is 4.22. The van der Waals surface area contributed by atoms with Crippen LogP contribution in [0.4, 0.5) is 0 Å². The molecule has 2 aromatic carbocycles. The first kappa shape index (κ1) is 18.5. The zero-order valence-electron chi connectivity index (χ0n) is 15.4. The maximum absolute atomic E-state index is 12.3. The summed E-state index contributed by atoms with van der Waals surface area (Å²) in [5, 5.41) is 0.776. The van der Waals surface area contributed by atoms with Crippen molar-refractivity contribution in [3.05, 3.63) is 65.9 Å². The van der Waals surface area contributed by atoms with Gasteiger partial charge in [0.05, 0.1) is 12.2 Å². The maximum atomic E-state index is 12.3. The zero-order valence-corrected chi connectivity index (χ0v) is 15.4. The largest absolute Gasteiger partial charge is 0.494 e. The van der Waals surface area contributed by atoms with Crippen molar-refractivity contribution in [2.45, 2.75) is 13.5 Å². The molecule has 27 heavy (non-hydrogen) atoms. The monoisotopic (exact) mass is 366 g/mol. The number of esters is 1. The molecule has 0 atom stereocenters. The van der Waals surface area contributed by atoms with Crippen LogP contribution in [-0.2, 0) is 16.1 Å². The van der Waals surface area contributed by atoms with E-state index >= 15 is 0 Å². The number of hydrogen-bond donors (Lipinski definition) is 1. The Morgan fingerprint density at radius 1 is 1.07 bits per heavy atom. The number of para-hydroxylation sites is 1. The highest BCUT2D eigenvalue weighted by Crippen LogP contribution is 2.18. The Morgan fingerprint density at radius 2 is 1.81 bits per heavy atom. The Hall–Kier alpha value is -3.28. The lowest BCUT2D eigenvalue weighted by molar-refractivity contribution is -0.133. The number of benzene rings is 2. The topological polar surface area (TPSA) is 71.6 Å². The van der Waals surface area contributed by atoms with Crippen molar-refractivity contribution in [3.8, 4) is 5.75 Å². The van der Waals surface area contributed by atoms with E-state index in [1.165, 1.54) is 4.90 Å². The third-order valence-corrected chi connectivity index (χ3v) is 4.22. The fraction of sp³-hybridized carbons (Fsp3) is 0.238. The van der Waals surface area contributed by atoms with Crippen LogP contribution in [0.25, 0.3) is 10.9 Å². The van der Waals surface area contributed by atoms with Gasteiger partial charge in [-0.05, 0) is 30.7 Å². The molecule has 0 saturated carbocycles. The van der Waals surface area contributed by atoms with E-state index in [-0.39, 0.29) is 12.5 Å². The van der Waals surface area contributed by atoms with E-state index in [4.69, 9.17) is 9.47 Å². The summed E-state index contributed by atoms with van der Waals surface area (Å²) in [6.07, 6.45) is 1.60. The Morgan fingerprint density at radius 3 is 2.56 bits per heavy atom. The number of nitrogens with one attached hydrogen (secondary N) is 1. The van der Waals surface area contributed by atoms with Gasteiger partial charge in [0.25, 0.3) is 5.91 Å². The highest BCUT2D eigenvalue weighted by Gasteiger charge is 2.16. The van der Waals surface area contributed by atoms with E-state index < -0.39 is 5.97 Å². The number of fused-ring (bicyclic) bond motifs is 1. The predicted molar refractivity (Wildman–Crippen MR) is 103 cm³/mol. The SMILES string of the molecule is CCOc1ccc(CN(C)C(=O)COC(=O)c2c[nH]c3ccccc23)cc1. The van der Waals surface area contributed by atoms with Crippen LogP contribution in [-0.4, -0.2) is 42.0 Å². The van der Waals surface area contributed by atoms with E-state index in [9.17, 15) is 9.59 Å². The van der Waals surface area contributed by atoms with Crippen molar-refractivity contribution in [2.75, 3.05) is 20.3 Å². The van der Waals surface area contributed by atoms with Gasteiger partial charge in [-0.1, -0.05) is 30.3 Å². The van der Waals surface area contributed by atoms with Crippen LogP contribution in [0.5, 0.6) is 5.75 Å². The highest BCUT2D eigenvalue weighted by atomic mass is 16.5. The number of H-pyrrole nitrogens is 1. The molecular weight excluding hydrogens is 344 g/mol. The van der Waals surface area contributed by atoms with Crippen molar-refractivity contribution >= 4 is 22.8 Å². The molecule has 1 heterocycles. The number of amides is 1. The summed E-state index contributed by atoms with van der Waals surface area (Å²) in [5.41, 5.74) is 2.24. The van der Waals surface area contributed by atoms with Gasteiger partial charge in [-0.25, -0.2) is 4.79 Å². The van der Waals surface area contributed by atoms with Gasteiger partial charge in [0.2, 0.25) is 0 Å². The van der Waals surface area contributed by atoms with Gasteiger partial charge in [-0.2, -0.15) is 0 Å². The van der Waals surface area contributed by atoms with E-state index in [0.29, 0.717) is 18.7 Å². The second kappa shape index (κ2) is 8.40. The Kier molecular flexibility index (Phi) is 5.76. The Bertz CT molecular complexity index is 931. The number of likely N-dealkylation sites (N-methyl/N-ethyl adjacent to an activating group) is 1. The molecule has 0 spiro atoms. The second-order valence-electron chi connectivity index (χ2n) is 6.15. The first-order chi connectivity index (χ1) is 13.1. The Balaban J connectivity index is 1.54. The fourth-order valence-corrected chi connectivity index (χ4v) is 2.78. The van der Waals surface area contributed by atoms with E-state index in [1.54, 1.807) is 13.2 Å². The maximum Gasteiger partial charge on any atom is 0.340 e. The molecule has 0 fully saturated rings. The van der Waals surface area contributed by atoms with Crippen molar-refractivity contribution in [1.29, 1.82) is 0 Å². The minimum absolute atomic E-state index is 0.267. The fourth-order valence-electron chi connectivity index (χ4n) is 2.78. The zero-order chi connectivity index (χ0) is 19.2. The van der Waals surface area contributed by atoms with Crippen LogP contribution in [0.3, 0.4) is 0 Å². The molecule has 0 unspecified atom stereocenters. The van der Waals surface area contributed by atoms with E-state index in [0.717, 1.165) is 22.2 Å². The summed E-state index contributed by atoms with van der Waals surface area (Å²) in [6.45, 7) is 2.67. The first-order valence-electron chi connectivity index (χ1n) is 8.77. The predicted octanol–water partition coefficient (Wildman–Crippen LogP) is 3.38. The second-order valence-corrected chi connectivity index (χ2v) is 6.15. The number of ether oxygens (including phenoxy) is 2. The summed E-state index contributed by atoms with van der Waals surface area (Å²) in [5.74, 6) is 0.00947. The van der Waals surface area contributed by atoms with Gasteiger partial charge in [0.1, 0.15) is 5.75 Å². The molecule has 6 nitrogen and oxygen atoms in total. The van der Waals surface area contributed by atoms with Crippen molar-refractivity contribution < 1.29 is 19.1 Å². The minimum atomic E-state index is -0.518. The number of carbonyl (C=O) groups is 2. The Labute approximate surface area is 157 Å². The molecule has 0 aliphatic heterocycles. The lowest BCUT2D eigenvalue weighted by atomic mass is 10.2. The molecule has 3 aromatic rings. The average Bonchev–Trinajstić information content (AvgIpc) is 3.12. The van der Waals surface area contributed by atoms with Crippen LogP contribution < -0.4 is 4.74 Å². The number of carbonyl (C=O) groups excluding carboxylic acids is 2. The average molecular weight is 366 g/mol. The summed E-state index contributed by atoms with van der Waals surface area (Å²) in [7, 11) is 1.68. The third kappa shape index (κ3) is 4.47. The van der Waals surface area contributed by atoms with Crippen molar-refractivity contribution in [1.82, 2.24) is 9.88 Å². The minimum Gasteiger partial charge on any atom is -0.494 e. The van der Waals surface area contributed by atoms with Gasteiger partial charge in [0.15, 0.2) is 6.61 Å². The van der Waals surface area contributed by atoms with Gasteiger partial charge in [-0.3, -0.25) is 4.79 Å². The number of hydrogen-bond acceptors (Lipinski definition) is 4. The molecule has 140 valence electrons. The molecule has 0 aliphatic rings. The first-order valence-corrected chi connectivity index (χ1v) is 8.77. The lowest BCUT2D eigenvalue weighted by Crippen LogP contribution is -2.30. The molecule has 0 aliphatic carbocycles. The van der Waals surface area contributed by atoms with Crippen LogP contribution in [0, 0.1) is 0 Å². The van der Waals surface area contributed by atoms with Gasteiger partial charge in [-0.15, -0.1) is 0 Å². The molecule has 6 heteroatoms. The molecule has 0 radical (unpaired) electrons. The molecule has 0 bridgehead atoms. The van der Waals surface area contributed by atoms with Crippen molar-refractivity contribution in [3.63, 3.8) is 0 Å². The molecular formula is C21H22N2O4. The van der Waals surface area contributed by atoms with E-state index in [1.807, 2.05) is 55.5 Å². The van der Waals surface area contributed by atoms with Gasteiger partial charge < -0.3 is 19.4 Å². The number of nitrogens with zero attached hydrogens (tertiary/aromatic N) is 1. The smallest absolute Gasteiger partial charge is 0.340 e. The number of aromatic amines is 1. The molecule has 1 N–H and O–H groups in total. The highest BCUT2D eigenvalue weighted by molar-refractivity contribution is 6.04. The lowest BCUT2D eigenvalue weighted by Gasteiger charge is -2.17. The molecule has 3 rings (SSSR count). The number of aromatic nitrogens is 1. The van der Waals surface area contributed by atoms with Crippen LogP contribution >= 0.6 is 0 Å². The summed E-state index contributed by atoms with van der Waals surface area (Å²) < 4.78 is 10.6. The summed E-state index contributed by atoms with van der Waals surface area (Å²) in [4.78, 5) is 29.1. The number of rotatable bonds is 7. The van der Waals surface area contributed by atoms with Crippen molar-refractivity contribution in [2.24, 2.45) is 0 Å². The molecule has 1 amide bonds. The molecule has 1 aromatic heterocycles.